The molecule has 2 heterocycles. The first-order chi connectivity index (χ1) is 11.5. The number of rotatable bonds is 4. The van der Waals surface area contributed by atoms with E-state index in [1.54, 1.807) is 0 Å². The number of aliphatic hydroxyl groups is 7. The molecule has 2 saturated heterocycles. The van der Waals surface area contributed by atoms with Crippen LogP contribution in [0, 0.1) is 0 Å². The van der Waals surface area contributed by atoms with Gasteiger partial charge in [0.05, 0.1) is 6.61 Å². The van der Waals surface area contributed by atoms with Crippen molar-refractivity contribution in [1.82, 2.24) is 0 Å². The Bertz CT molecular complexity index is 451. The van der Waals surface area contributed by atoms with E-state index in [-0.39, 0.29) is 0 Å². The standard InChI is InChI=1S/C12H19F3O10/c13-12(14,15)9-4(19)3(18)5(20)11(25-9)24-8-6(21)10(22)23-7(8)2(17)1-16/h2-11,16-22H,1H2/t2-,3-,4-,5-,6-,7-,8-,9-,10+,11+/m1/s1. The minimum atomic E-state index is -5.10. The molecular weight excluding hydrogens is 361 g/mol. The Morgan fingerprint density at radius 2 is 1.52 bits per heavy atom. The van der Waals surface area contributed by atoms with Gasteiger partial charge < -0.3 is 50.0 Å². The minimum Gasteiger partial charge on any atom is -0.394 e. The Morgan fingerprint density at radius 3 is 2.04 bits per heavy atom. The van der Waals surface area contributed by atoms with E-state index in [4.69, 9.17) is 14.6 Å². The fraction of sp³-hybridized carbons (Fsp3) is 1.00. The molecule has 2 aliphatic heterocycles. The highest BCUT2D eigenvalue weighted by atomic mass is 19.4. The number of hydrogen-bond acceptors (Lipinski definition) is 10. The van der Waals surface area contributed by atoms with Gasteiger partial charge in [0, 0.05) is 0 Å². The van der Waals surface area contributed by atoms with Crippen LogP contribution in [0.5, 0.6) is 0 Å². The average Bonchev–Trinajstić information content (AvgIpc) is 2.81. The molecule has 0 amide bonds. The topological polar surface area (TPSA) is 169 Å². The van der Waals surface area contributed by atoms with Crippen molar-refractivity contribution in [3.63, 3.8) is 0 Å². The lowest BCUT2D eigenvalue weighted by atomic mass is 9.98. The summed E-state index contributed by atoms with van der Waals surface area (Å²) in [5.41, 5.74) is 0. The van der Waals surface area contributed by atoms with Crippen molar-refractivity contribution in [2.45, 2.75) is 67.6 Å². The van der Waals surface area contributed by atoms with E-state index in [0.29, 0.717) is 0 Å². The van der Waals surface area contributed by atoms with Gasteiger partial charge in [-0.15, -0.1) is 0 Å². The average molecular weight is 380 g/mol. The molecule has 7 N–H and O–H groups in total. The van der Waals surface area contributed by atoms with E-state index in [0.717, 1.165) is 0 Å². The molecule has 0 aromatic heterocycles. The van der Waals surface area contributed by atoms with Crippen LogP contribution in [0.3, 0.4) is 0 Å². The van der Waals surface area contributed by atoms with Crippen molar-refractivity contribution < 1.29 is 63.1 Å². The molecule has 10 nitrogen and oxygen atoms in total. The number of hydrogen-bond donors (Lipinski definition) is 7. The van der Waals surface area contributed by atoms with Crippen LogP contribution < -0.4 is 0 Å². The maximum absolute atomic E-state index is 12.9. The zero-order valence-corrected chi connectivity index (χ0v) is 12.5. The minimum absolute atomic E-state index is 0.884. The summed E-state index contributed by atoms with van der Waals surface area (Å²) < 4.78 is 52.8. The Labute approximate surface area is 138 Å². The van der Waals surface area contributed by atoms with Crippen LogP contribution in [0.1, 0.15) is 0 Å². The largest absolute Gasteiger partial charge is 0.417 e. The highest BCUT2D eigenvalue weighted by molar-refractivity contribution is 4.96. The van der Waals surface area contributed by atoms with Gasteiger partial charge in [-0.2, -0.15) is 13.2 Å². The maximum atomic E-state index is 12.9. The number of aliphatic hydroxyl groups excluding tert-OH is 7. The number of alkyl halides is 3. The van der Waals surface area contributed by atoms with E-state index in [1.807, 2.05) is 0 Å². The Balaban J connectivity index is 2.18. The summed E-state index contributed by atoms with van der Waals surface area (Å²) in [6.07, 6.45) is -25.7. The number of ether oxygens (including phenoxy) is 3. The predicted octanol–water partition coefficient (Wildman–Crippen LogP) is -3.83. The van der Waals surface area contributed by atoms with Crippen molar-refractivity contribution in [2.24, 2.45) is 0 Å². The van der Waals surface area contributed by atoms with Gasteiger partial charge in [0.25, 0.3) is 0 Å². The zero-order chi connectivity index (χ0) is 19.1. The highest BCUT2D eigenvalue weighted by Gasteiger charge is 2.57. The normalized spacial score (nSPS) is 47.0. The van der Waals surface area contributed by atoms with Crippen molar-refractivity contribution >= 4 is 0 Å². The second kappa shape index (κ2) is 7.56. The molecule has 148 valence electrons. The molecule has 0 bridgehead atoms. The molecule has 13 heteroatoms. The second-order valence-electron chi connectivity index (χ2n) is 5.77. The van der Waals surface area contributed by atoms with Crippen LogP contribution in [-0.2, 0) is 14.2 Å². The van der Waals surface area contributed by atoms with Gasteiger partial charge >= 0.3 is 6.18 Å². The lowest BCUT2D eigenvalue weighted by Crippen LogP contribution is -2.63. The van der Waals surface area contributed by atoms with E-state index < -0.39 is 74.2 Å². The fourth-order valence-electron chi connectivity index (χ4n) is 2.63. The quantitative estimate of drug-likeness (QED) is 0.256. The molecular formula is C12H19F3O10. The van der Waals surface area contributed by atoms with Gasteiger partial charge in [0.15, 0.2) is 18.7 Å². The highest BCUT2D eigenvalue weighted by Crippen LogP contribution is 2.35. The first-order valence-corrected chi connectivity index (χ1v) is 7.21. The zero-order valence-electron chi connectivity index (χ0n) is 12.5. The monoisotopic (exact) mass is 380 g/mol. The van der Waals surface area contributed by atoms with E-state index in [9.17, 15) is 43.8 Å². The lowest BCUT2D eigenvalue weighted by Gasteiger charge is -2.42. The molecule has 0 aliphatic carbocycles. The van der Waals surface area contributed by atoms with Crippen molar-refractivity contribution in [3.8, 4) is 0 Å². The van der Waals surface area contributed by atoms with Crippen LogP contribution in [0.25, 0.3) is 0 Å². The predicted molar refractivity (Wildman–Crippen MR) is 67.6 cm³/mol. The van der Waals surface area contributed by atoms with E-state index in [2.05, 4.69) is 4.74 Å². The van der Waals surface area contributed by atoms with Crippen LogP contribution in [0.4, 0.5) is 13.2 Å². The summed E-state index contributed by atoms with van der Waals surface area (Å²) >= 11 is 0. The summed E-state index contributed by atoms with van der Waals surface area (Å²) in [6, 6.07) is 0. The molecule has 0 radical (unpaired) electrons. The summed E-state index contributed by atoms with van der Waals surface area (Å²) in [6.45, 7) is -0.884. The summed E-state index contributed by atoms with van der Waals surface area (Å²) in [4.78, 5) is 0. The van der Waals surface area contributed by atoms with Crippen LogP contribution in [0.15, 0.2) is 0 Å². The summed E-state index contributed by atoms with van der Waals surface area (Å²) in [5.74, 6) is 0. The van der Waals surface area contributed by atoms with Gasteiger partial charge in [0.2, 0.25) is 0 Å². The molecule has 25 heavy (non-hydrogen) atoms. The molecule has 2 rings (SSSR count). The first-order valence-electron chi connectivity index (χ1n) is 7.21. The van der Waals surface area contributed by atoms with Gasteiger partial charge in [-0.05, 0) is 0 Å². The molecule has 0 aromatic carbocycles. The Morgan fingerprint density at radius 1 is 0.920 bits per heavy atom. The number of halogens is 3. The van der Waals surface area contributed by atoms with Crippen molar-refractivity contribution in [3.05, 3.63) is 0 Å². The molecule has 0 saturated carbocycles. The molecule has 10 atom stereocenters. The Hall–Kier alpha value is -0.610. The van der Waals surface area contributed by atoms with E-state index in [1.165, 1.54) is 0 Å². The SMILES string of the molecule is OC[C@@H](O)[C@H]1O[C@H](O)[C@H](O)[C@H]1O[C@H]1O[C@@H](C(F)(F)F)[C@H](O)[C@@H](O)[C@H]1O. The van der Waals surface area contributed by atoms with Crippen LogP contribution >= 0.6 is 0 Å². The van der Waals surface area contributed by atoms with Crippen molar-refractivity contribution in [1.29, 1.82) is 0 Å². The summed E-state index contributed by atoms with van der Waals surface area (Å²) in [7, 11) is 0. The van der Waals surface area contributed by atoms with Gasteiger partial charge in [-0.25, -0.2) is 0 Å². The third kappa shape index (κ3) is 4.05. The lowest BCUT2D eigenvalue weighted by molar-refractivity contribution is -0.364. The van der Waals surface area contributed by atoms with Crippen molar-refractivity contribution in [2.75, 3.05) is 6.61 Å². The second-order valence-corrected chi connectivity index (χ2v) is 5.77. The maximum Gasteiger partial charge on any atom is 0.417 e. The third-order valence-electron chi connectivity index (χ3n) is 4.00. The van der Waals surface area contributed by atoms with Gasteiger partial charge in [-0.1, -0.05) is 0 Å². The fourth-order valence-corrected chi connectivity index (χ4v) is 2.63. The van der Waals surface area contributed by atoms with Gasteiger partial charge in [0.1, 0.15) is 42.7 Å². The smallest absolute Gasteiger partial charge is 0.394 e. The van der Waals surface area contributed by atoms with E-state index >= 15 is 0 Å². The molecule has 0 spiro atoms. The molecule has 0 aromatic rings. The van der Waals surface area contributed by atoms with Crippen LogP contribution in [-0.4, -0.2) is 110 Å². The first kappa shape index (κ1) is 20.7. The molecule has 2 fully saturated rings. The van der Waals surface area contributed by atoms with Crippen LogP contribution in [0.2, 0.25) is 0 Å². The third-order valence-corrected chi connectivity index (χ3v) is 4.00. The molecule has 0 unspecified atom stereocenters. The summed E-state index contributed by atoms with van der Waals surface area (Å²) in [5, 5.41) is 66.4. The van der Waals surface area contributed by atoms with Gasteiger partial charge in [-0.3, -0.25) is 0 Å². The Kier molecular flexibility index (Phi) is 6.26. The molecule has 2 aliphatic rings.